The number of carbonyl (C=O) groups excluding carboxylic acids is 1. The van der Waals surface area contributed by atoms with Gasteiger partial charge in [0.1, 0.15) is 0 Å². The van der Waals surface area contributed by atoms with Gasteiger partial charge in [-0.05, 0) is 28.1 Å². The topological polar surface area (TPSA) is 69.1 Å². The van der Waals surface area contributed by atoms with Crippen LogP contribution in [0.2, 0.25) is 5.02 Å². The molecule has 5 heteroatoms. The summed E-state index contributed by atoms with van der Waals surface area (Å²) in [5, 5.41) is 0.326. The molecule has 1 aromatic carbocycles. The van der Waals surface area contributed by atoms with Crippen LogP contribution in [0.1, 0.15) is 10.4 Å². The summed E-state index contributed by atoms with van der Waals surface area (Å²) in [6, 6.07) is 3.21. The Balaban J connectivity index is 3.43. The van der Waals surface area contributed by atoms with E-state index in [-0.39, 0.29) is 11.3 Å². The van der Waals surface area contributed by atoms with Crippen molar-refractivity contribution in [2.75, 3.05) is 5.73 Å². The van der Waals surface area contributed by atoms with Gasteiger partial charge in [0.25, 0.3) is 5.91 Å². The molecule has 0 aliphatic carbocycles. The molecule has 0 saturated carbocycles. The number of primary amides is 1. The van der Waals surface area contributed by atoms with E-state index in [9.17, 15) is 4.79 Å². The summed E-state index contributed by atoms with van der Waals surface area (Å²) in [5.41, 5.74) is 11.0. The van der Waals surface area contributed by atoms with Crippen LogP contribution in [-0.4, -0.2) is 5.91 Å². The standard InChI is InChI=1S/C7H6BrClN2O/c8-3-1-2-4(9)6(10)5(3)7(11)12/h1-2H,10H2,(H2,11,12). The van der Waals surface area contributed by atoms with Gasteiger partial charge in [0, 0.05) is 4.47 Å². The number of rotatable bonds is 1. The molecule has 0 atom stereocenters. The van der Waals surface area contributed by atoms with Crippen LogP contribution < -0.4 is 11.5 Å². The van der Waals surface area contributed by atoms with Gasteiger partial charge in [-0.1, -0.05) is 11.6 Å². The summed E-state index contributed by atoms with van der Waals surface area (Å²) >= 11 is 8.82. The second kappa shape index (κ2) is 3.33. The monoisotopic (exact) mass is 248 g/mol. The van der Waals surface area contributed by atoms with E-state index in [1.807, 2.05) is 0 Å². The molecule has 1 aromatic rings. The van der Waals surface area contributed by atoms with Gasteiger partial charge in [-0.2, -0.15) is 0 Å². The molecule has 0 saturated heterocycles. The van der Waals surface area contributed by atoms with Crippen LogP contribution in [0.3, 0.4) is 0 Å². The molecule has 0 bridgehead atoms. The minimum Gasteiger partial charge on any atom is -0.397 e. The molecule has 0 radical (unpaired) electrons. The molecule has 0 aliphatic heterocycles. The Morgan fingerprint density at radius 2 is 2.08 bits per heavy atom. The van der Waals surface area contributed by atoms with Crippen LogP contribution in [0.5, 0.6) is 0 Å². The summed E-state index contributed by atoms with van der Waals surface area (Å²) in [6.07, 6.45) is 0. The van der Waals surface area contributed by atoms with Gasteiger partial charge in [0.05, 0.1) is 16.3 Å². The number of hydrogen-bond donors (Lipinski definition) is 2. The van der Waals surface area contributed by atoms with Crippen LogP contribution in [0.4, 0.5) is 5.69 Å². The molecule has 0 spiro atoms. The Hall–Kier alpha value is -0.740. The zero-order valence-electron chi connectivity index (χ0n) is 5.97. The van der Waals surface area contributed by atoms with Crippen LogP contribution in [0.15, 0.2) is 16.6 Å². The Morgan fingerprint density at radius 1 is 1.50 bits per heavy atom. The number of nitrogen functional groups attached to an aromatic ring is 1. The fraction of sp³-hybridized carbons (Fsp3) is 0. The lowest BCUT2D eigenvalue weighted by Gasteiger charge is -2.05. The number of hydrogen-bond acceptors (Lipinski definition) is 2. The van der Waals surface area contributed by atoms with Crippen LogP contribution in [-0.2, 0) is 0 Å². The van der Waals surface area contributed by atoms with Crippen LogP contribution >= 0.6 is 27.5 Å². The fourth-order valence-corrected chi connectivity index (χ4v) is 1.52. The Labute approximate surface area is 82.8 Å². The van der Waals surface area contributed by atoms with E-state index in [4.69, 9.17) is 23.1 Å². The van der Waals surface area contributed by atoms with E-state index in [2.05, 4.69) is 15.9 Å². The normalized spacial score (nSPS) is 9.83. The fourth-order valence-electron chi connectivity index (χ4n) is 0.818. The molecule has 0 unspecified atom stereocenters. The average Bonchev–Trinajstić information content (AvgIpc) is 1.97. The SMILES string of the molecule is NC(=O)c1c(Br)ccc(Cl)c1N. The Bertz CT molecular complexity index is 340. The third-order valence-corrected chi connectivity index (χ3v) is 2.38. The highest BCUT2D eigenvalue weighted by Crippen LogP contribution is 2.28. The molecule has 4 N–H and O–H groups in total. The molecule has 3 nitrogen and oxygen atoms in total. The van der Waals surface area contributed by atoms with Gasteiger partial charge in [0.15, 0.2) is 0 Å². The van der Waals surface area contributed by atoms with Gasteiger partial charge in [-0.15, -0.1) is 0 Å². The first-order valence-corrected chi connectivity index (χ1v) is 4.24. The molecular weight excluding hydrogens is 243 g/mol. The molecule has 1 amide bonds. The quantitative estimate of drug-likeness (QED) is 0.745. The predicted molar refractivity (Wildman–Crippen MR) is 52.1 cm³/mol. The van der Waals surface area contributed by atoms with Crippen LogP contribution in [0, 0.1) is 0 Å². The van der Waals surface area contributed by atoms with Crippen molar-refractivity contribution in [2.24, 2.45) is 5.73 Å². The van der Waals surface area contributed by atoms with Crippen molar-refractivity contribution in [2.45, 2.75) is 0 Å². The van der Waals surface area contributed by atoms with E-state index >= 15 is 0 Å². The highest BCUT2D eigenvalue weighted by Gasteiger charge is 2.12. The highest BCUT2D eigenvalue weighted by molar-refractivity contribution is 9.10. The summed E-state index contributed by atoms with van der Waals surface area (Å²) < 4.78 is 0.553. The molecule has 0 aliphatic rings. The Kier molecular flexibility index (Phi) is 2.59. The predicted octanol–water partition coefficient (Wildman–Crippen LogP) is 1.78. The maximum atomic E-state index is 10.8. The first kappa shape index (κ1) is 9.35. The number of amides is 1. The van der Waals surface area contributed by atoms with E-state index in [0.29, 0.717) is 9.50 Å². The van der Waals surface area contributed by atoms with Gasteiger partial charge in [-0.3, -0.25) is 4.79 Å². The third-order valence-electron chi connectivity index (χ3n) is 1.39. The first-order chi connectivity index (χ1) is 5.54. The van der Waals surface area contributed by atoms with Crippen molar-refractivity contribution in [1.82, 2.24) is 0 Å². The van der Waals surface area contributed by atoms with Gasteiger partial charge >= 0.3 is 0 Å². The largest absolute Gasteiger partial charge is 0.397 e. The first-order valence-electron chi connectivity index (χ1n) is 3.07. The minimum atomic E-state index is -0.595. The Morgan fingerprint density at radius 3 is 2.50 bits per heavy atom. The number of carbonyl (C=O) groups is 1. The van der Waals surface area contributed by atoms with Crippen molar-refractivity contribution in [3.05, 3.63) is 27.2 Å². The van der Waals surface area contributed by atoms with Crippen molar-refractivity contribution in [1.29, 1.82) is 0 Å². The van der Waals surface area contributed by atoms with E-state index in [1.165, 1.54) is 0 Å². The van der Waals surface area contributed by atoms with Crippen molar-refractivity contribution >= 4 is 39.1 Å². The number of nitrogens with two attached hydrogens (primary N) is 2. The molecular formula is C7H6BrClN2O. The molecule has 0 heterocycles. The lowest BCUT2D eigenvalue weighted by molar-refractivity contribution is 0.100. The summed E-state index contributed by atoms with van der Waals surface area (Å²) in [7, 11) is 0. The molecule has 12 heavy (non-hydrogen) atoms. The average molecular weight is 249 g/mol. The summed E-state index contributed by atoms with van der Waals surface area (Å²) in [5.74, 6) is -0.595. The maximum Gasteiger partial charge on any atom is 0.251 e. The smallest absolute Gasteiger partial charge is 0.251 e. The second-order valence-electron chi connectivity index (χ2n) is 2.18. The van der Waals surface area contributed by atoms with Gasteiger partial charge < -0.3 is 11.5 Å². The zero-order chi connectivity index (χ0) is 9.30. The number of halogens is 2. The van der Waals surface area contributed by atoms with Crippen molar-refractivity contribution in [3.8, 4) is 0 Å². The summed E-state index contributed by atoms with van der Waals surface area (Å²) in [6.45, 7) is 0. The second-order valence-corrected chi connectivity index (χ2v) is 3.44. The molecule has 0 fully saturated rings. The number of benzene rings is 1. The lowest BCUT2D eigenvalue weighted by atomic mass is 10.2. The molecule has 1 rings (SSSR count). The highest BCUT2D eigenvalue weighted by atomic mass is 79.9. The van der Waals surface area contributed by atoms with Gasteiger partial charge in [-0.25, -0.2) is 0 Å². The van der Waals surface area contributed by atoms with Crippen LogP contribution in [0.25, 0.3) is 0 Å². The van der Waals surface area contributed by atoms with E-state index < -0.39 is 5.91 Å². The number of anilines is 1. The molecule has 64 valence electrons. The van der Waals surface area contributed by atoms with E-state index in [1.54, 1.807) is 12.1 Å². The zero-order valence-corrected chi connectivity index (χ0v) is 8.32. The van der Waals surface area contributed by atoms with E-state index in [0.717, 1.165) is 0 Å². The lowest BCUT2D eigenvalue weighted by Crippen LogP contribution is -2.14. The third kappa shape index (κ3) is 1.54. The van der Waals surface area contributed by atoms with Crippen molar-refractivity contribution in [3.63, 3.8) is 0 Å². The summed E-state index contributed by atoms with van der Waals surface area (Å²) in [4.78, 5) is 10.8. The molecule has 0 aromatic heterocycles. The van der Waals surface area contributed by atoms with Crippen molar-refractivity contribution < 1.29 is 4.79 Å². The maximum absolute atomic E-state index is 10.8. The minimum absolute atomic E-state index is 0.207. The van der Waals surface area contributed by atoms with Gasteiger partial charge in [0.2, 0.25) is 0 Å².